The highest BCUT2D eigenvalue weighted by Crippen LogP contribution is 2.15. The summed E-state index contributed by atoms with van der Waals surface area (Å²) in [6.45, 7) is 12.7. The van der Waals surface area contributed by atoms with Crippen molar-refractivity contribution in [3.05, 3.63) is 80.4 Å². The van der Waals surface area contributed by atoms with Crippen LogP contribution >= 0.6 is 0 Å². The summed E-state index contributed by atoms with van der Waals surface area (Å²) < 4.78 is 0. The van der Waals surface area contributed by atoms with Gasteiger partial charge in [0.25, 0.3) is 5.56 Å². The molecule has 1 aromatic carbocycles. The van der Waals surface area contributed by atoms with Gasteiger partial charge in [0.1, 0.15) is 0 Å². The summed E-state index contributed by atoms with van der Waals surface area (Å²) in [5, 5.41) is 6.62. The fourth-order valence-electron chi connectivity index (χ4n) is 4.14. The first kappa shape index (κ1) is 23.6. The maximum absolute atomic E-state index is 12.7. The van der Waals surface area contributed by atoms with Crippen molar-refractivity contribution >= 4 is 23.6 Å². The summed E-state index contributed by atoms with van der Waals surface area (Å²) >= 11 is 0. The molecule has 0 radical (unpaired) electrons. The van der Waals surface area contributed by atoms with Crippen LogP contribution in [0, 0.1) is 6.92 Å². The lowest BCUT2D eigenvalue weighted by Gasteiger charge is -2.26. The van der Waals surface area contributed by atoms with Gasteiger partial charge in [-0.3, -0.25) is 4.79 Å². The number of aromatic nitrogens is 1. The third-order valence-corrected chi connectivity index (χ3v) is 5.92. The number of allylic oxidation sites excluding steroid dienone is 5. The normalized spacial score (nSPS) is 18.9. The van der Waals surface area contributed by atoms with Gasteiger partial charge in [0.05, 0.1) is 5.22 Å². The lowest BCUT2D eigenvalue weighted by molar-refractivity contribution is 0.344. The van der Waals surface area contributed by atoms with Crippen molar-refractivity contribution in [1.82, 2.24) is 15.2 Å². The molecule has 3 rings (SSSR count). The van der Waals surface area contributed by atoms with Crippen LogP contribution in [0.15, 0.2) is 58.7 Å². The highest BCUT2D eigenvalue weighted by atomic mass is 16.1. The monoisotopic (exact) mass is 431 g/mol. The van der Waals surface area contributed by atoms with Crippen molar-refractivity contribution in [2.75, 3.05) is 13.1 Å². The zero-order valence-electron chi connectivity index (χ0n) is 19.8. The summed E-state index contributed by atoms with van der Waals surface area (Å²) in [5.74, 6) is 0. The van der Waals surface area contributed by atoms with Crippen molar-refractivity contribution in [2.24, 2.45) is 0 Å². The van der Waals surface area contributed by atoms with E-state index in [1.807, 2.05) is 25.3 Å². The average Bonchev–Trinajstić information content (AvgIpc) is 2.74. The van der Waals surface area contributed by atoms with E-state index < -0.39 is 0 Å². The van der Waals surface area contributed by atoms with E-state index in [2.05, 4.69) is 66.0 Å². The predicted octanol–water partition coefficient (Wildman–Crippen LogP) is 4.59. The molecule has 0 unspecified atom stereocenters. The minimum atomic E-state index is -0.117. The van der Waals surface area contributed by atoms with Gasteiger partial charge >= 0.3 is 0 Å². The van der Waals surface area contributed by atoms with Crippen molar-refractivity contribution in [3.8, 4) is 0 Å². The number of H-pyrrole nitrogens is 1. The highest BCUT2D eigenvalue weighted by molar-refractivity contribution is 5.83. The molecular formula is C28H37N3O. The van der Waals surface area contributed by atoms with E-state index in [9.17, 15) is 4.79 Å². The Hall–Kier alpha value is -3.01. The first-order valence-electron chi connectivity index (χ1n) is 11.9. The number of pyridine rings is 1. The Morgan fingerprint density at radius 3 is 2.75 bits per heavy atom. The third kappa shape index (κ3) is 6.03. The molecule has 0 amide bonds. The fraction of sp³-hybridized carbons (Fsp3) is 0.393. The van der Waals surface area contributed by atoms with E-state index in [-0.39, 0.29) is 5.56 Å². The molecule has 0 spiro atoms. The number of hydrogen-bond donors (Lipinski definition) is 2. The molecule has 4 heteroatoms. The molecule has 0 aliphatic heterocycles. The number of aromatic amines is 1. The Kier molecular flexibility index (Phi) is 8.55. The van der Waals surface area contributed by atoms with Crippen molar-refractivity contribution in [3.63, 3.8) is 0 Å². The number of benzene rings is 1. The van der Waals surface area contributed by atoms with Crippen LogP contribution in [-0.2, 0) is 0 Å². The van der Waals surface area contributed by atoms with Crippen LogP contribution < -0.4 is 21.4 Å². The minimum Gasteiger partial charge on any atom is -0.372 e. The Morgan fingerprint density at radius 1 is 1.12 bits per heavy atom. The van der Waals surface area contributed by atoms with E-state index >= 15 is 0 Å². The highest BCUT2D eigenvalue weighted by Gasteiger charge is 2.08. The Labute approximate surface area is 191 Å². The molecule has 1 aliphatic rings. The molecule has 2 N–H and O–H groups in total. The molecule has 1 aliphatic carbocycles. The quantitative estimate of drug-likeness (QED) is 0.571. The number of nitrogens with one attached hydrogen (secondary N) is 2. The second-order valence-electron chi connectivity index (χ2n) is 8.60. The summed E-state index contributed by atoms with van der Waals surface area (Å²) in [6.07, 6.45) is 17.5. The number of rotatable bonds is 9. The number of fused-ring (bicyclic) bond motifs is 1. The molecule has 170 valence electrons. The number of nitrogens with zero attached hydrogens (tertiary/aromatic N) is 1. The molecule has 0 fully saturated rings. The fourth-order valence-corrected chi connectivity index (χ4v) is 4.14. The topological polar surface area (TPSA) is 48.1 Å². The smallest absolute Gasteiger partial charge is 0.257 e. The maximum atomic E-state index is 12.7. The molecular weight excluding hydrogens is 394 g/mol. The predicted molar refractivity (Wildman–Crippen MR) is 138 cm³/mol. The summed E-state index contributed by atoms with van der Waals surface area (Å²) in [7, 11) is 0. The molecule has 4 nitrogen and oxygen atoms in total. The lowest BCUT2D eigenvalue weighted by atomic mass is 10.1. The lowest BCUT2D eigenvalue weighted by Crippen LogP contribution is -2.35. The summed E-state index contributed by atoms with van der Waals surface area (Å²) in [6, 6.07) is 6.13. The second kappa shape index (κ2) is 11.6. The molecule has 0 atom stereocenters. The van der Waals surface area contributed by atoms with Gasteiger partial charge in [-0.25, -0.2) is 0 Å². The van der Waals surface area contributed by atoms with Crippen LogP contribution in [0.2, 0.25) is 0 Å². The van der Waals surface area contributed by atoms with E-state index in [0.717, 1.165) is 54.4 Å². The third-order valence-electron chi connectivity index (χ3n) is 5.92. The molecule has 0 saturated heterocycles. The standard InChI is InChI=1S/C28H37N3O/c1-5-7-10-18-31(17-6-2)24-12-9-8-11-23(14-15-24)29-20-27-26-19-21(3)13-16-25(26)22(4)30-28(27)32/h9,12-16,19-20,29H,4-8,10-11,17-18H2,1-3H3,(H,30,32)/b12-9-,23-14+,24-15+,27-20-. The Morgan fingerprint density at radius 2 is 1.97 bits per heavy atom. The molecule has 1 aromatic heterocycles. The maximum Gasteiger partial charge on any atom is 0.257 e. The minimum absolute atomic E-state index is 0.117. The van der Waals surface area contributed by atoms with E-state index in [4.69, 9.17) is 0 Å². The van der Waals surface area contributed by atoms with Crippen LogP contribution in [-0.4, -0.2) is 23.0 Å². The summed E-state index contributed by atoms with van der Waals surface area (Å²) in [4.78, 5) is 18.1. The van der Waals surface area contributed by atoms with Crippen LogP contribution in [0.3, 0.4) is 0 Å². The molecule has 0 saturated carbocycles. The van der Waals surface area contributed by atoms with Crippen LogP contribution in [0.1, 0.15) is 57.9 Å². The zero-order valence-corrected chi connectivity index (χ0v) is 19.8. The Balaban J connectivity index is 1.91. The number of hydrogen-bond acceptors (Lipinski definition) is 3. The Bertz CT molecular complexity index is 1180. The van der Waals surface area contributed by atoms with Gasteiger partial charge in [0.2, 0.25) is 0 Å². The second-order valence-corrected chi connectivity index (χ2v) is 8.60. The molecule has 1 heterocycles. The van der Waals surface area contributed by atoms with Crippen LogP contribution in [0.25, 0.3) is 23.6 Å². The van der Waals surface area contributed by atoms with Crippen molar-refractivity contribution in [1.29, 1.82) is 0 Å². The average molecular weight is 432 g/mol. The van der Waals surface area contributed by atoms with E-state index in [0.29, 0.717) is 10.6 Å². The molecule has 32 heavy (non-hydrogen) atoms. The van der Waals surface area contributed by atoms with Crippen molar-refractivity contribution in [2.45, 2.75) is 59.3 Å². The van der Waals surface area contributed by atoms with Gasteiger partial charge in [-0.15, -0.1) is 0 Å². The van der Waals surface area contributed by atoms with Gasteiger partial charge in [-0.2, -0.15) is 0 Å². The largest absolute Gasteiger partial charge is 0.372 e. The zero-order chi connectivity index (χ0) is 22.9. The van der Waals surface area contributed by atoms with Gasteiger partial charge in [0, 0.05) is 41.4 Å². The van der Waals surface area contributed by atoms with Gasteiger partial charge in [0.15, 0.2) is 0 Å². The van der Waals surface area contributed by atoms with Gasteiger partial charge < -0.3 is 15.2 Å². The van der Waals surface area contributed by atoms with Gasteiger partial charge in [-0.05, 0) is 56.2 Å². The van der Waals surface area contributed by atoms with Crippen LogP contribution in [0.5, 0.6) is 0 Å². The summed E-state index contributed by atoms with van der Waals surface area (Å²) in [5.41, 5.74) is 3.38. The van der Waals surface area contributed by atoms with Crippen molar-refractivity contribution < 1.29 is 0 Å². The molecule has 2 aromatic rings. The van der Waals surface area contributed by atoms with Crippen LogP contribution in [0.4, 0.5) is 0 Å². The first-order valence-corrected chi connectivity index (χ1v) is 11.9. The van der Waals surface area contributed by atoms with E-state index in [1.165, 1.54) is 25.0 Å². The number of unbranched alkanes of at least 4 members (excludes halogenated alkanes) is 2. The van der Waals surface area contributed by atoms with E-state index in [1.54, 1.807) is 0 Å². The molecule has 0 bridgehead atoms. The van der Waals surface area contributed by atoms with Gasteiger partial charge in [-0.1, -0.05) is 63.1 Å². The number of aryl methyl sites for hydroxylation is 1. The first-order chi connectivity index (χ1) is 15.5. The SMILES string of the molecule is C=c1[nH]c(=O)/c(=C\N/C2=C/C=C(N(CCC)CCCCC)\C=C/CC2)c2cc(C)ccc12.